The molecule has 2 aromatic heterocycles. The molecular formula is C20H32N6. The van der Waals surface area contributed by atoms with Crippen molar-refractivity contribution in [2.75, 3.05) is 31.1 Å². The average molecular weight is 357 g/mol. The fraction of sp³-hybridized carbons (Fsp3) is 0.750. The van der Waals surface area contributed by atoms with Gasteiger partial charge in [0.05, 0.1) is 11.6 Å². The van der Waals surface area contributed by atoms with Crippen LogP contribution in [0, 0.1) is 0 Å². The van der Waals surface area contributed by atoms with Crippen molar-refractivity contribution in [3.05, 3.63) is 12.0 Å². The lowest BCUT2D eigenvalue weighted by molar-refractivity contribution is 0.175. The van der Waals surface area contributed by atoms with Gasteiger partial charge >= 0.3 is 0 Å². The minimum atomic E-state index is 0.322. The van der Waals surface area contributed by atoms with Gasteiger partial charge in [0.25, 0.3) is 0 Å². The Kier molecular flexibility index (Phi) is 5.11. The first-order chi connectivity index (χ1) is 12.6. The number of rotatable bonds is 3. The second-order valence-electron chi connectivity index (χ2n) is 8.23. The van der Waals surface area contributed by atoms with E-state index < -0.39 is 0 Å². The minimum Gasteiger partial charge on any atom is -0.356 e. The summed E-state index contributed by atoms with van der Waals surface area (Å²) in [6.45, 7) is 9.07. The van der Waals surface area contributed by atoms with E-state index in [2.05, 4.69) is 28.7 Å². The summed E-state index contributed by atoms with van der Waals surface area (Å²) in [7, 11) is 1.97. The van der Waals surface area contributed by atoms with Gasteiger partial charge in [-0.15, -0.1) is 0 Å². The van der Waals surface area contributed by atoms with Gasteiger partial charge in [-0.2, -0.15) is 5.10 Å². The molecule has 2 aliphatic rings. The van der Waals surface area contributed by atoms with Crippen LogP contribution in [0.1, 0.15) is 64.1 Å². The van der Waals surface area contributed by atoms with Gasteiger partial charge in [0.15, 0.2) is 5.65 Å². The van der Waals surface area contributed by atoms with Crippen LogP contribution >= 0.6 is 0 Å². The monoisotopic (exact) mass is 356 g/mol. The number of piperidine rings is 1. The molecular weight excluding hydrogens is 324 g/mol. The molecule has 142 valence electrons. The second kappa shape index (κ2) is 7.51. The van der Waals surface area contributed by atoms with Crippen molar-refractivity contribution in [1.82, 2.24) is 24.6 Å². The molecule has 0 saturated carbocycles. The highest BCUT2D eigenvalue weighted by molar-refractivity contribution is 5.87. The predicted molar refractivity (Wildman–Crippen MR) is 106 cm³/mol. The molecule has 2 aliphatic heterocycles. The summed E-state index contributed by atoms with van der Waals surface area (Å²) in [5.41, 5.74) is 0.952. The van der Waals surface area contributed by atoms with Crippen molar-refractivity contribution in [2.24, 2.45) is 7.05 Å². The Morgan fingerprint density at radius 3 is 2.31 bits per heavy atom. The number of aromatic nitrogens is 4. The van der Waals surface area contributed by atoms with Crippen LogP contribution in [0.4, 0.5) is 5.82 Å². The molecule has 0 aliphatic carbocycles. The van der Waals surface area contributed by atoms with E-state index in [1.54, 1.807) is 0 Å². The molecule has 2 saturated heterocycles. The third-order valence-electron chi connectivity index (χ3n) is 6.03. The molecule has 0 amide bonds. The van der Waals surface area contributed by atoms with Gasteiger partial charge < -0.3 is 9.80 Å². The number of aryl methyl sites for hydroxylation is 1. The van der Waals surface area contributed by atoms with Crippen LogP contribution in [0.15, 0.2) is 6.20 Å². The van der Waals surface area contributed by atoms with Gasteiger partial charge in [0, 0.05) is 32.1 Å². The highest BCUT2D eigenvalue weighted by Gasteiger charge is 2.27. The van der Waals surface area contributed by atoms with Crippen LogP contribution in [0.2, 0.25) is 0 Å². The smallest absolute Gasteiger partial charge is 0.163 e. The number of hydrogen-bond acceptors (Lipinski definition) is 5. The molecule has 2 aromatic rings. The van der Waals surface area contributed by atoms with Crippen LogP contribution in [0.5, 0.6) is 0 Å². The molecule has 2 fully saturated rings. The molecule has 6 heteroatoms. The summed E-state index contributed by atoms with van der Waals surface area (Å²) in [4.78, 5) is 14.9. The summed E-state index contributed by atoms with van der Waals surface area (Å²) in [6, 6.07) is 0.750. The maximum atomic E-state index is 4.94. The predicted octanol–water partition coefficient (Wildman–Crippen LogP) is 3.33. The molecule has 0 N–H and O–H groups in total. The summed E-state index contributed by atoms with van der Waals surface area (Å²) in [6.07, 6.45) is 9.97. The van der Waals surface area contributed by atoms with E-state index in [-0.39, 0.29) is 0 Å². The number of nitrogens with zero attached hydrogens (tertiary/aromatic N) is 6. The van der Waals surface area contributed by atoms with Crippen LogP contribution in [-0.2, 0) is 7.05 Å². The molecule has 4 heterocycles. The zero-order valence-corrected chi connectivity index (χ0v) is 16.5. The lowest BCUT2D eigenvalue weighted by Gasteiger charge is -2.38. The van der Waals surface area contributed by atoms with Crippen LogP contribution < -0.4 is 4.90 Å². The molecule has 6 nitrogen and oxygen atoms in total. The highest BCUT2D eigenvalue weighted by Crippen LogP contribution is 2.29. The molecule has 0 spiro atoms. The van der Waals surface area contributed by atoms with Crippen molar-refractivity contribution in [3.63, 3.8) is 0 Å². The van der Waals surface area contributed by atoms with Crippen molar-refractivity contribution in [1.29, 1.82) is 0 Å². The zero-order valence-electron chi connectivity index (χ0n) is 16.5. The first-order valence-corrected chi connectivity index (χ1v) is 10.3. The Labute approximate surface area is 156 Å². The van der Waals surface area contributed by atoms with E-state index in [9.17, 15) is 0 Å². The first-order valence-electron chi connectivity index (χ1n) is 10.3. The molecule has 26 heavy (non-hydrogen) atoms. The standard InChI is InChI=1S/C20H32N6/c1-15(2)18-22-19-17(14-21-24(19)3)20(23-18)26-12-8-16(9-13-26)25-10-6-4-5-7-11-25/h14-16H,4-13H2,1-3H3. The largest absolute Gasteiger partial charge is 0.356 e. The van der Waals surface area contributed by atoms with Crippen molar-refractivity contribution >= 4 is 16.9 Å². The lowest BCUT2D eigenvalue weighted by atomic mass is 10.0. The van der Waals surface area contributed by atoms with Gasteiger partial charge in [-0.25, -0.2) is 9.97 Å². The van der Waals surface area contributed by atoms with Crippen molar-refractivity contribution in [3.8, 4) is 0 Å². The maximum Gasteiger partial charge on any atom is 0.163 e. The molecule has 0 radical (unpaired) electrons. The third-order valence-corrected chi connectivity index (χ3v) is 6.03. The average Bonchev–Trinajstić information content (AvgIpc) is 2.86. The highest BCUT2D eigenvalue weighted by atomic mass is 15.3. The SMILES string of the molecule is CC(C)c1nc(N2CCC(N3CCCCCC3)CC2)c2cnn(C)c2n1. The quantitative estimate of drug-likeness (QED) is 0.844. The van der Waals surface area contributed by atoms with E-state index in [1.807, 2.05) is 17.9 Å². The number of likely N-dealkylation sites (tertiary alicyclic amines) is 1. The van der Waals surface area contributed by atoms with Crippen LogP contribution in [0.25, 0.3) is 11.0 Å². The molecule has 0 aromatic carbocycles. The second-order valence-corrected chi connectivity index (χ2v) is 8.23. The molecule has 0 bridgehead atoms. The number of hydrogen-bond donors (Lipinski definition) is 0. The summed E-state index contributed by atoms with van der Waals surface area (Å²) in [5.74, 6) is 2.33. The van der Waals surface area contributed by atoms with Crippen molar-refractivity contribution in [2.45, 2.75) is 64.3 Å². The third kappa shape index (κ3) is 3.43. The normalized spacial score (nSPS) is 20.8. The van der Waals surface area contributed by atoms with E-state index in [1.165, 1.54) is 51.6 Å². The Bertz CT molecular complexity index is 736. The van der Waals surface area contributed by atoms with E-state index in [4.69, 9.17) is 9.97 Å². The van der Waals surface area contributed by atoms with Crippen molar-refractivity contribution < 1.29 is 0 Å². The fourth-order valence-electron chi connectivity index (χ4n) is 4.43. The Morgan fingerprint density at radius 2 is 1.65 bits per heavy atom. The molecule has 0 unspecified atom stereocenters. The lowest BCUT2D eigenvalue weighted by Crippen LogP contribution is -2.45. The van der Waals surface area contributed by atoms with E-state index in [0.29, 0.717) is 5.92 Å². The Morgan fingerprint density at radius 1 is 0.962 bits per heavy atom. The molecule has 4 rings (SSSR count). The number of fused-ring (bicyclic) bond motifs is 1. The van der Waals surface area contributed by atoms with Gasteiger partial charge in [0.2, 0.25) is 0 Å². The zero-order chi connectivity index (χ0) is 18.1. The van der Waals surface area contributed by atoms with Gasteiger partial charge in [-0.1, -0.05) is 26.7 Å². The van der Waals surface area contributed by atoms with Gasteiger partial charge in [-0.3, -0.25) is 4.68 Å². The summed E-state index contributed by atoms with van der Waals surface area (Å²) < 4.78 is 1.87. The topological polar surface area (TPSA) is 50.1 Å². The molecule has 0 atom stereocenters. The van der Waals surface area contributed by atoms with Gasteiger partial charge in [0.1, 0.15) is 11.6 Å². The maximum absolute atomic E-state index is 4.94. The summed E-state index contributed by atoms with van der Waals surface area (Å²) in [5, 5.41) is 5.52. The van der Waals surface area contributed by atoms with Gasteiger partial charge in [-0.05, 0) is 38.8 Å². The summed E-state index contributed by atoms with van der Waals surface area (Å²) >= 11 is 0. The van der Waals surface area contributed by atoms with E-state index >= 15 is 0 Å². The van der Waals surface area contributed by atoms with E-state index in [0.717, 1.165) is 41.8 Å². The first kappa shape index (κ1) is 17.7. The fourth-order valence-corrected chi connectivity index (χ4v) is 4.43. The van der Waals surface area contributed by atoms with Crippen LogP contribution in [0.3, 0.4) is 0 Å². The Hall–Kier alpha value is -1.69. The minimum absolute atomic E-state index is 0.322. The van der Waals surface area contributed by atoms with Crippen LogP contribution in [-0.4, -0.2) is 56.9 Å². The Balaban J connectivity index is 1.53. The number of anilines is 1.